The first-order valence-electron chi connectivity index (χ1n) is 14.0. The Kier molecular flexibility index (Phi) is 8.55. The first kappa shape index (κ1) is 28.3. The molecule has 0 aliphatic heterocycles. The van der Waals surface area contributed by atoms with Crippen molar-refractivity contribution < 1.29 is 0 Å². The van der Waals surface area contributed by atoms with Gasteiger partial charge < -0.3 is 5.32 Å². The summed E-state index contributed by atoms with van der Waals surface area (Å²) >= 11 is 12.9. The second-order valence-electron chi connectivity index (χ2n) is 10.2. The Balaban J connectivity index is 1.23. The van der Waals surface area contributed by atoms with Gasteiger partial charge >= 0.3 is 0 Å². The Labute approximate surface area is 262 Å². The van der Waals surface area contributed by atoms with Gasteiger partial charge in [-0.2, -0.15) is 5.10 Å². The van der Waals surface area contributed by atoms with Crippen LogP contribution in [-0.2, 0) is 0 Å². The van der Waals surface area contributed by atoms with E-state index in [9.17, 15) is 0 Å². The number of halogens is 2. The van der Waals surface area contributed by atoms with E-state index in [2.05, 4.69) is 65.0 Å². The molecule has 0 amide bonds. The molecule has 1 N–H and O–H groups in total. The fourth-order valence-electron chi connectivity index (χ4n) is 4.99. The lowest BCUT2D eigenvalue weighted by Gasteiger charge is -2.15. The number of hydrazone groups is 1. The molecule has 0 atom stereocenters. The van der Waals surface area contributed by atoms with Gasteiger partial charge in [-0.25, -0.2) is 0 Å². The molecule has 0 aliphatic carbocycles. The first-order chi connectivity index (χ1) is 21.0. The zero-order valence-corrected chi connectivity index (χ0v) is 25.1. The number of hydrogen-bond acceptors (Lipinski definition) is 3. The number of hydrogen-bond donors (Lipinski definition) is 1. The van der Waals surface area contributed by atoms with Crippen molar-refractivity contribution >= 4 is 46.5 Å². The summed E-state index contributed by atoms with van der Waals surface area (Å²) in [7, 11) is 1.94. The minimum absolute atomic E-state index is 0.683. The van der Waals surface area contributed by atoms with Gasteiger partial charge in [-0.3, -0.25) is 5.01 Å². The van der Waals surface area contributed by atoms with Gasteiger partial charge in [0.1, 0.15) is 0 Å². The van der Waals surface area contributed by atoms with E-state index < -0.39 is 0 Å². The molecule has 3 nitrogen and oxygen atoms in total. The maximum atomic E-state index is 6.47. The molecule has 0 aromatic heterocycles. The van der Waals surface area contributed by atoms with Crippen molar-refractivity contribution in [1.82, 2.24) is 0 Å². The zero-order chi connectivity index (χ0) is 29.6. The highest BCUT2D eigenvalue weighted by Gasteiger charge is 2.11. The van der Waals surface area contributed by atoms with E-state index in [1.54, 1.807) is 0 Å². The molecule has 5 heteroatoms. The Morgan fingerprint density at radius 3 is 1.79 bits per heavy atom. The van der Waals surface area contributed by atoms with E-state index >= 15 is 0 Å². The number of anilines is 3. The van der Waals surface area contributed by atoms with Crippen molar-refractivity contribution in [3.05, 3.63) is 161 Å². The minimum Gasteiger partial charge on any atom is -0.355 e. The molecular weight excluding hydrogens is 569 g/mol. The number of nitrogens with one attached hydrogen (secondary N) is 1. The number of rotatable bonds is 8. The average molecular weight is 599 g/mol. The smallest absolute Gasteiger partial charge is 0.0590 e. The second-order valence-corrected chi connectivity index (χ2v) is 11.0. The monoisotopic (exact) mass is 597 g/mol. The molecule has 0 bridgehead atoms. The Morgan fingerprint density at radius 2 is 1.12 bits per heavy atom. The Bertz CT molecular complexity index is 1850. The van der Waals surface area contributed by atoms with Crippen LogP contribution in [0.5, 0.6) is 0 Å². The van der Waals surface area contributed by atoms with Gasteiger partial charge in [-0.05, 0) is 88.0 Å². The van der Waals surface area contributed by atoms with Crippen molar-refractivity contribution in [2.75, 3.05) is 17.4 Å². The number of para-hydroxylation sites is 1. The van der Waals surface area contributed by atoms with Crippen LogP contribution in [0.25, 0.3) is 33.4 Å². The molecule has 210 valence electrons. The van der Waals surface area contributed by atoms with E-state index in [1.807, 2.05) is 109 Å². The summed E-state index contributed by atoms with van der Waals surface area (Å²) in [5, 5.41) is 11.4. The van der Waals surface area contributed by atoms with Crippen molar-refractivity contribution in [2.24, 2.45) is 5.10 Å². The SMILES string of the molecule is CN(N=Cc1ccc(Nc2ccc(Cl)cc2-c2ccc(-c3ccc(Cl)cc3-c3ccccc3)cc2)cc1)c1ccccc1. The quantitative estimate of drug-likeness (QED) is 0.139. The Hall–Kier alpha value is -4.83. The zero-order valence-electron chi connectivity index (χ0n) is 23.6. The van der Waals surface area contributed by atoms with Crippen LogP contribution < -0.4 is 10.3 Å². The summed E-state index contributed by atoms with van der Waals surface area (Å²) in [6.07, 6.45) is 1.86. The topological polar surface area (TPSA) is 27.6 Å². The molecule has 0 unspecified atom stereocenters. The van der Waals surface area contributed by atoms with Crippen LogP contribution in [0.15, 0.2) is 151 Å². The van der Waals surface area contributed by atoms with Crippen LogP contribution in [0.4, 0.5) is 17.1 Å². The van der Waals surface area contributed by atoms with Crippen LogP contribution in [0.2, 0.25) is 10.0 Å². The molecule has 6 aromatic carbocycles. The second kappa shape index (κ2) is 13.0. The van der Waals surface area contributed by atoms with Crippen LogP contribution in [0, 0.1) is 0 Å². The van der Waals surface area contributed by atoms with Crippen molar-refractivity contribution in [1.29, 1.82) is 0 Å². The maximum absolute atomic E-state index is 6.47. The van der Waals surface area contributed by atoms with E-state index in [1.165, 1.54) is 0 Å². The standard InChI is InChI=1S/C38H29Cl2N3/c1-43(34-10-6-3-7-11-34)41-26-27-12-20-33(21-13-27)42-38-23-19-32(40)25-37(38)30-16-14-29(15-17-30)35-22-18-31(39)24-36(35)28-8-4-2-5-9-28/h2-26,42H,1H3. The average Bonchev–Trinajstić information content (AvgIpc) is 3.06. The minimum atomic E-state index is 0.683. The molecule has 0 heterocycles. The molecule has 0 spiro atoms. The van der Waals surface area contributed by atoms with Gasteiger partial charge in [0.05, 0.1) is 11.9 Å². The summed E-state index contributed by atoms with van der Waals surface area (Å²) in [5.74, 6) is 0. The molecule has 0 saturated carbocycles. The molecule has 0 fully saturated rings. The summed E-state index contributed by atoms with van der Waals surface area (Å²) < 4.78 is 0. The van der Waals surface area contributed by atoms with Crippen molar-refractivity contribution in [2.45, 2.75) is 0 Å². The summed E-state index contributed by atoms with van der Waals surface area (Å²) in [6, 6.07) is 49.1. The van der Waals surface area contributed by atoms with Gasteiger partial charge in [-0.1, -0.05) is 114 Å². The van der Waals surface area contributed by atoms with Gasteiger partial charge in [-0.15, -0.1) is 0 Å². The molecule has 43 heavy (non-hydrogen) atoms. The van der Waals surface area contributed by atoms with Crippen molar-refractivity contribution in [3.63, 3.8) is 0 Å². The fourth-order valence-corrected chi connectivity index (χ4v) is 5.33. The summed E-state index contributed by atoms with van der Waals surface area (Å²) in [4.78, 5) is 0. The lowest BCUT2D eigenvalue weighted by atomic mass is 9.93. The van der Waals surface area contributed by atoms with Crippen LogP contribution in [0.3, 0.4) is 0 Å². The largest absolute Gasteiger partial charge is 0.355 e. The molecule has 0 radical (unpaired) electrons. The third-order valence-corrected chi connectivity index (χ3v) is 7.72. The normalized spacial score (nSPS) is 11.0. The van der Waals surface area contributed by atoms with Gasteiger partial charge in [0, 0.05) is 34.0 Å². The highest BCUT2D eigenvalue weighted by atomic mass is 35.5. The highest BCUT2D eigenvalue weighted by Crippen LogP contribution is 2.37. The molecule has 6 rings (SSSR count). The predicted molar refractivity (Wildman–Crippen MR) is 185 cm³/mol. The fraction of sp³-hybridized carbons (Fsp3) is 0.0263. The molecular formula is C38H29Cl2N3. The van der Waals surface area contributed by atoms with Crippen LogP contribution >= 0.6 is 23.2 Å². The summed E-state index contributed by atoms with van der Waals surface area (Å²) in [6.45, 7) is 0. The molecule has 0 aliphatic rings. The van der Waals surface area contributed by atoms with Gasteiger partial charge in [0.25, 0.3) is 0 Å². The van der Waals surface area contributed by atoms with Crippen LogP contribution in [-0.4, -0.2) is 13.3 Å². The van der Waals surface area contributed by atoms with E-state index in [0.29, 0.717) is 10.0 Å². The van der Waals surface area contributed by atoms with Crippen LogP contribution in [0.1, 0.15) is 5.56 Å². The molecule has 6 aromatic rings. The summed E-state index contributed by atoms with van der Waals surface area (Å²) in [5.41, 5.74) is 10.6. The van der Waals surface area contributed by atoms with Gasteiger partial charge in [0.15, 0.2) is 0 Å². The lowest BCUT2D eigenvalue weighted by molar-refractivity contribution is 1.02. The van der Waals surface area contributed by atoms with E-state index in [0.717, 1.165) is 56.0 Å². The van der Waals surface area contributed by atoms with Crippen molar-refractivity contribution in [3.8, 4) is 33.4 Å². The van der Waals surface area contributed by atoms with Gasteiger partial charge in [0.2, 0.25) is 0 Å². The van der Waals surface area contributed by atoms with E-state index in [-0.39, 0.29) is 0 Å². The lowest BCUT2D eigenvalue weighted by Crippen LogP contribution is -2.08. The predicted octanol–water partition coefficient (Wildman–Crippen LogP) is 11.2. The third-order valence-electron chi connectivity index (χ3n) is 7.25. The maximum Gasteiger partial charge on any atom is 0.0590 e. The number of nitrogens with zero attached hydrogens (tertiary/aromatic N) is 2. The first-order valence-corrected chi connectivity index (χ1v) is 14.7. The third kappa shape index (κ3) is 6.81. The molecule has 0 saturated heterocycles. The van der Waals surface area contributed by atoms with E-state index in [4.69, 9.17) is 23.2 Å². The highest BCUT2D eigenvalue weighted by molar-refractivity contribution is 6.31. The number of benzene rings is 6. The Morgan fingerprint density at radius 1 is 0.558 bits per heavy atom.